The van der Waals surface area contributed by atoms with E-state index in [-0.39, 0.29) is 5.91 Å². The lowest BCUT2D eigenvalue weighted by Gasteiger charge is -2.30. The van der Waals surface area contributed by atoms with Crippen LogP contribution in [0.3, 0.4) is 0 Å². The first-order valence-electron chi connectivity index (χ1n) is 5.77. The molecule has 0 aliphatic rings. The first kappa shape index (κ1) is 15.9. The highest BCUT2D eigenvalue weighted by Gasteiger charge is 2.29. The topological polar surface area (TPSA) is 23.6 Å². The van der Waals surface area contributed by atoms with Gasteiger partial charge < -0.3 is 9.80 Å². The van der Waals surface area contributed by atoms with E-state index in [9.17, 15) is 4.79 Å². The number of likely N-dealkylation sites (N-methyl/N-ethyl adjacent to an activating group) is 1. The zero-order chi connectivity index (χ0) is 12.9. The summed E-state index contributed by atoms with van der Waals surface area (Å²) in [5.41, 5.74) is 0. The monoisotopic (exact) mass is 292 g/mol. The van der Waals surface area contributed by atoms with Crippen molar-refractivity contribution in [3.8, 4) is 0 Å². The van der Waals surface area contributed by atoms with Crippen molar-refractivity contribution in [2.45, 2.75) is 32.0 Å². The molecule has 96 valence electrons. The summed E-state index contributed by atoms with van der Waals surface area (Å²) < 4.78 is -0.464. The second kappa shape index (κ2) is 6.60. The van der Waals surface area contributed by atoms with Crippen LogP contribution in [-0.2, 0) is 4.79 Å². The Morgan fingerprint density at radius 1 is 1.25 bits per heavy atom. The zero-order valence-electron chi connectivity index (χ0n) is 11.4. The van der Waals surface area contributed by atoms with E-state index >= 15 is 0 Å². The highest BCUT2D eigenvalue weighted by Crippen LogP contribution is 2.19. The van der Waals surface area contributed by atoms with Gasteiger partial charge in [0.15, 0.2) is 0 Å². The molecule has 0 saturated carbocycles. The predicted molar refractivity (Wildman–Crippen MR) is 73.0 cm³/mol. The smallest absolute Gasteiger partial charge is 0.238 e. The Balaban J connectivity index is 4.48. The molecule has 0 aromatic heterocycles. The maximum Gasteiger partial charge on any atom is 0.238 e. The standard InChI is InChI=1S/C12H25BrN2O/c1-10(2)9-15(8-7-14(5)6)11(16)12(3,4)13/h10H,7-9H2,1-6H3. The molecule has 0 aromatic rings. The summed E-state index contributed by atoms with van der Waals surface area (Å²) in [6.07, 6.45) is 0. The van der Waals surface area contributed by atoms with Crippen molar-refractivity contribution in [3.05, 3.63) is 0 Å². The van der Waals surface area contributed by atoms with Gasteiger partial charge in [-0.15, -0.1) is 0 Å². The second-order valence-corrected chi connectivity index (χ2v) is 7.40. The molecule has 0 saturated heterocycles. The van der Waals surface area contributed by atoms with Crippen molar-refractivity contribution >= 4 is 21.8 Å². The molecule has 0 spiro atoms. The molecule has 0 aromatic carbocycles. The SMILES string of the molecule is CC(C)CN(CCN(C)C)C(=O)C(C)(C)Br. The molecule has 0 heterocycles. The molecule has 1 amide bonds. The molecule has 0 radical (unpaired) electrons. The minimum atomic E-state index is -0.464. The zero-order valence-corrected chi connectivity index (χ0v) is 13.0. The Morgan fingerprint density at radius 2 is 1.75 bits per heavy atom. The van der Waals surface area contributed by atoms with Gasteiger partial charge in [-0.2, -0.15) is 0 Å². The van der Waals surface area contributed by atoms with Crippen LogP contribution in [0.2, 0.25) is 0 Å². The van der Waals surface area contributed by atoms with Crippen LogP contribution in [0.25, 0.3) is 0 Å². The Bertz CT molecular complexity index is 222. The Labute approximate surface area is 108 Å². The van der Waals surface area contributed by atoms with Gasteiger partial charge in [-0.25, -0.2) is 0 Å². The number of carbonyl (C=O) groups is 1. The molecule has 4 heteroatoms. The van der Waals surface area contributed by atoms with Crippen molar-refractivity contribution in [2.24, 2.45) is 5.92 Å². The van der Waals surface area contributed by atoms with E-state index in [2.05, 4.69) is 34.7 Å². The van der Waals surface area contributed by atoms with Crippen molar-refractivity contribution < 1.29 is 4.79 Å². The maximum absolute atomic E-state index is 12.2. The molecular weight excluding hydrogens is 268 g/mol. The number of carbonyl (C=O) groups excluding carboxylic acids is 1. The van der Waals surface area contributed by atoms with Crippen LogP contribution < -0.4 is 0 Å². The predicted octanol–water partition coefficient (Wildman–Crippen LogP) is 2.21. The minimum Gasteiger partial charge on any atom is -0.340 e. The first-order valence-corrected chi connectivity index (χ1v) is 6.57. The van der Waals surface area contributed by atoms with E-state index in [1.54, 1.807) is 0 Å². The van der Waals surface area contributed by atoms with Crippen LogP contribution in [-0.4, -0.2) is 53.8 Å². The lowest BCUT2D eigenvalue weighted by Crippen LogP contribution is -2.46. The highest BCUT2D eigenvalue weighted by atomic mass is 79.9. The number of alkyl halides is 1. The molecule has 0 fully saturated rings. The van der Waals surface area contributed by atoms with Crippen molar-refractivity contribution in [1.29, 1.82) is 0 Å². The molecule has 3 nitrogen and oxygen atoms in total. The summed E-state index contributed by atoms with van der Waals surface area (Å²) in [6, 6.07) is 0. The third-order valence-electron chi connectivity index (χ3n) is 2.20. The van der Waals surface area contributed by atoms with Crippen LogP contribution in [0.4, 0.5) is 0 Å². The lowest BCUT2D eigenvalue weighted by molar-refractivity contribution is -0.133. The maximum atomic E-state index is 12.2. The van der Waals surface area contributed by atoms with Gasteiger partial charge in [0.1, 0.15) is 0 Å². The van der Waals surface area contributed by atoms with Crippen molar-refractivity contribution in [1.82, 2.24) is 9.80 Å². The number of amides is 1. The number of nitrogens with zero attached hydrogens (tertiary/aromatic N) is 2. The number of rotatable bonds is 6. The van der Waals surface area contributed by atoms with Gasteiger partial charge in [0.05, 0.1) is 4.32 Å². The fourth-order valence-electron chi connectivity index (χ4n) is 1.41. The number of hydrogen-bond donors (Lipinski definition) is 0. The second-order valence-electron chi connectivity index (χ2n) is 5.42. The molecule has 0 rings (SSSR count). The molecule has 0 atom stereocenters. The molecule has 16 heavy (non-hydrogen) atoms. The highest BCUT2D eigenvalue weighted by molar-refractivity contribution is 9.10. The molecule has 0 N–H and O–H groups in total. The van der Waals surface area contributed by atoms with Gasteiger partial charge in [-0.1, -0.05) is 29.8 Å². The van der Waals surface area contributed by atoms with Crippen LogP contribution in [0.1, 0.15) is 27.7 Å². The van der Waals surface area contributed by atoms with Gasteiger partial charge in [0, 0.05) is 19.6 Å². The normalized spacial score (nSPS) is 12.3. The largest absolute Gasteiger partial charge is 0.340 e. The minimum absolute atomic E-state index is 0.169. The Morgan fingerprint density at radius 3 is 2.06 bits per heavy atom. The molecule has 0 aliphatic heterocycles. The van der Waals surface area contributed by atoms with Crippen LogP contribution in [0.5, 0.6) is 0 Å². The summed E-state index contributed by atoms with van der Waals surface area (Å²) in [6.45, 7) is 10.6. The fourth-order valence-corrected chi connectivity index (χ4v) is 1.66. The summed E-state index contributed by atoms with van der Waals surface area (Å²) in [4.78, 5) is 16.2. The van der Waals surface area contributed by atoms with Gasteiger partial charge >= 0.3 is 0 Å². The number of halogens is 1. The first-order chi connectivity index (χ1) is 7.14. The van der Waals surface area contributed by atoms with E-state index in [1.165, 1.54) is 0 Å². The van der Waals surface area contributed by atoms with E-state index in [0.29, 0.717) is 5.92 Å². The average molecular weight is 293 g/mol. The van der Waals surface area contributed by atoms with E-state index in [1.807, 2.05) is 32.8 Å². The van der Waals surface area contributed by atoms with Gasteiger partial charge in [0.2, 0.25) is 5.91 Å². The molecular formula is C12H25BrN2O. The molecule has 0 aliphatic carbocycles. The van der Waals surface area contributed by atoms with E-state index in [0.717, 1.165) is 19.6 Å². The molecule has 0 bridgehead atoms. The third kappa shape index (κ3) is 6.48. The Kier molecular flexibility index (Phi) is 6.56. The van der Waals surface area contributed by atoms with Crippen LogP contribution >= 0.6 is 15.9 Å². The summed E-state index contributed by atoms with van der Waals surface area (Å²) in [5, 5.41) is 0. The average Bonchev–Trinajstić information content (AvgIpc) is 2.08. The summed E-state index contributed by atoms with van der Waals surface area (Å²) >= 11 is 3.44. The Hall–Kier alpha value is -0.0900. The van der Waals surface area contributed by atoms with Gasteiger partial charge in [-0.05, 0) is 33.9 Å². The van der Waals surface area contributed by atoms with Crippen LogP contribution in [0.15, 0.2) is 0 Å². The molecule has 0 unspecified atom stereocenters. The van der Waals surface area contributed by atoms with Crippen molar-refractivity contribution in [2.75, 3.05) is 33.7 Å². The van der Waals surface area contributed by atoms with Gasteiger partial charge in [-0.3, -0.25) is 4.79 Å². The van der Waals surface area contributed by atoms with Gasteiger partial charge in [0.25, 0.3) is 0 Å². The van der Waals surface area contributed by atoms with Crippen LogP contribution in [0, 0.1) is 5.92 Å². The quantitative estimate of drug-likeness (QED) is 0.701. The summed E-state index contributed by atoms with van der Waals surface area (Å²) in [5.74, 6) is 0.670. The van der Waals surface area contributed by atoms with E-state index in [4.69, 9.17) is 0 Å². The summed E-state index contributed by atoms with van der Waals surface area (Å²) in [7, 11) is 4.05. The number of hydrogen-bond acceptors (Lipinski definition) is 2. The third-order valence-corrected chi connectivity index (χ3v) is 2.54. The fraction of sp³-hybridized carbons (Fsp3) is 0.917. The van der Waals surface area contributed by atoms with E-state index < -0.39 is 4.32 Å². The van der Waals surface area contributed by atoms with Crippen molar-refractivity contribution in [3.63, 3.8) is 0 Å². The lowest BCUT2D eigenvalue weighted by atomic mass is 10.1.